The number of nitrogens with zero attached hydrogens (tertiary/aromatic N) is 2. The minimum absolute atomic E-state index is 0.00588. The number of ether oxygens (including phenoxy) is 1. The quantitative estimate of drug-likeness (QED) is 0.785. The van der Waals surface area contributed by atoms with Crippen LogP contribution < -0.4 is 4.74 Å². The van der Waals surface area contributed by atoms with Crippen molar-refractivity contribution in [1.82, 2.24) is 4.98 Å². The predicted octanol–water partition coefficient (Wildman–Crippen LogP) is 4.02. The summed E-state index contributed by atoms with van der Waals surface area (Å²) in [6.45, 7) is -0.00588. The molecule has 0 fully saturated rings. The fourth-order valence-corrected chi connectivity index (χ4v) is 2.00. The lowest BCUT2D eigenvalue weighted by Crippen LogP contribution is -2.05. The molecule has 26 heavy (non-hydrogen) atoms. The van der Waals surface area contributed by atoms with Gasteiger partial charge in [0.15, 0.2) is 0 Å². The smallest absolute Gasteiger partial charge is 0.417 e. The Balaban J connectivity index is 2.21. The van der Waals surface area contributed by atoms with Gasteiger partial charge < -0.3 is 9.84 Å². The zero-order valence-corrected chi connectivity index (χ0v) is 13.3. The van der Waals surface area contributed by atoms with Crippen LogP contribution in [-0.2, 0) is 11.0 Å². The van der Waals surface area contributed by atoms with Crippen molar-refractivity contribution in [2.45, 2.75) is 12.6 Å². The second kappa shape index (κ2) is 8.16. The number of carbonyl (C=O) groups is 1. The Labute approximate surface area is 147 Å². The van der Waals surface area contributed by atoms with Crippen LogP contribution in [-0.4, -0.2) is 22.7 Å². The van der Waals surface area contributed by atoms with Gasteiger partial charge in [0.2, 0.25) is 0 Å². The van der Waals surface area contributed by atoms with Crippen molar-refractivity contribution in [2.24, 2.45) is 0 Å². The van der Waals surface area contributed by atoms with E-state index in [1.54, 1.807) is 24.3 Å². The molecule has 1 aromatic heterocycles. The first-order valence-electron chi connectivity index (χ1n) is 7.39. The van der Waals surface area contributed by atoms with Gasteiger partial charge in [-0.05, 0) is 35.9 Å². The molecule has 0 saturated carbocycles. The second-order valence-electron chi connectivity index (χ2n) is 5.16. The molecule has 0 amide bonds. The highest BCUT2D eigenvalue weighted by molar-refractivity contribution is 5.88. The molecule has 1 heterocycles. The zero-order chi connectivity index (χ0) is 19.2. The van der Waals surface area contributed by atoms with E-state index in [1.165, 1.54) is 6.08 Å². The van der Waals surface area contributed by atoms with Crippen LogP contribution in [0.2, 0.25) is 0 Å². The average molecular weight is 362 g/mol. The summed E-state index contributed by atoms with van der Waals surface area (Å²) in [6.07, 6.45) is -2.52. The highest BCUT2D eigenvalue weighted by Crippen LogP contribution is 2.29. The van der Waals surface area contributed by atoms with E-state index >= 15 is 0 Å². The van der Waals surface area contributed by atoms with Gasteiger partial charge in [0.05, 0.1) is 29.9 Å². The number of benzene rings is 1. The third-order valence-electron chi connectivity index (χ3n) is 3.24. The number of halogens is 3. The normalized spacial score (nSPS) is 11.7. The molecule has 2 aromatic rings. The lowest BCUT2D eigenvalue weighted by molar-refractivity contribution is -0.138. The topological polar surface area (TPSA) is 83.2 Å². The number of carboxylic acid groups (broad SMARTS) is 1. The third-order valence-corrected chi connectivity index (χ3v) is 3.24. The first kappa shape index (κ1) is 19.0. The van der Waals surface area contributed by atoms with E-state index in [4.69, 9.17) is 9.84 Å². The molecule has 0 saturated heterocycles. The van der Waals surface area contributed by atoms with E-state index < -0.39 is 17.7 Å². The lowest BCUT2D eigenvalue weighted by atomic mass is 10.1. The summed E-state index contributed by atoms with van der Waals surface area (Å²) in [5.41, 5.74) is -0.137. The zero-order valence-electron chi connectivity index (χ0n) is 13.3. The van der Waals surface area contributed by atoms with Gasteiger partial charge in [-0.15, -0.1) is 0 Å². The number of alkyl halides is 3. The van der Waals surface area contributed by atoms with Crippen LogP contribution in [0, 0.1) is 11.3 Å². The Morgan fingerprint density at radius 3 is 2.65 bits per heavy atom. The molecule has 0 bridgehead atoms. The monoisotopic (exact) mass is 362 g/mol. The van der Waals surface area contributed by atoms with Crippen molar-refractivity contribution in [1.29, 1.82) is 5.26 Å². The first-order chi connectivity index (χ1) is 12.3. The molecule has 0 radical (unpaired) electrons. The number of hydrogen-bond acceptors (Lipinski definition) is 4. The van der Waals surface area contributed by atoms with Gasteiger partial charge in [0, 0.05) is 6.20 Å². The number of pyridine rings is 1. The largest absolute Gasteiger partial charge is 0.493 e. The summed E-state index contributed by atoms with van der Waals surface area (Å²) in [7, 11) is 0. The maximum absolute atomic E-state index is 12.6. The fraction of sp³-hybridized carbons (Fsp3) is 0.167. The molecular weight excluding hydrogens is 349 g/mol. The van der Waals surface area contributed by atoms with E-state index in [0.29, 0.717) is 17.5 Å². The van der Waals surface area contributed by atoms with Crippen LogP contribution in [0.15, 0.2) is 42.6 Å². The Bertz CT molecular complexity index is 853. The molecule has 134 valence electrons. The van der Waals surface area contributed by atoms with Gasteiger partial charge in [0.1, 0.15) is 11.8 Å². The van der Waals surface area contributed by atoms with Crippen LogP contribution in [0.25, 0.3) is 11.6 Å². The maximum atomic E-state index is 12.6. The van der Waals surface area contributed by atoms with E-state index in [2.05, 4.69) is 4.98 Å². The summed E-state index contributed by atoms with van der Waals surface area (Å²) < 4.78 is 43.0. The standard InChI is InChI=1S/C18H13F3N2O3/c19-18(20,21)14-4-5-16(23-11-14)13(10-22)8-12-2-1-3-15(9-12)26-7-6-17(24)25/h1-5,8-9,11H,6-7H2,(H,24,25)/b13-8+. The van der Waals surface area contributed by atoms with E-state index in [-0.39, 0.29) is 24.3 Å². The van der Waals surface area contributed by atoms with Gasteiger partial charge in [0.25, 0.3) is 0 Å². The van der Waals surface area contributed by atoms with Gasteiger partial charge in [-0.25, -0.2) is 0 Å². The third kappa shape index (κ3) is 5.34. The Hall–Kier alpha value is -3.34. The molecule has 1 aromatic carbocycles. The number of aliphatic carboxylic acids is 1. The molecule has 0 aliphatic carbocycles. The molecular formula is C18H13F3N2O3. The van der Waals surface area contributed by atoms with Crippen LogP contribution in [0.1, 0.15) is 23.2 Å². The Kier molecular flexibility index (Phi) is 5.96. The predicted molar refractivity (Wildman–Crippen MR) is 86.9 cm³/mol. The van der Waals surface area contributed by atoms with E-state index in [0.717, 1.165) is 12.1 Å². The number of carboxylic acids is 1. The summed E-state index contributed by atoms with van der Waals surface area (Å²) in [6, 6.07) is 10.4. The fourth-order valence-electron chi connectivity index (χ4n) is 2.00. The Morgan fingerprint density at radius 2 is 2.08 bits per heavy atom. The number of nitriles is 1. The lowest BCUT2D eigenvalue weighted by Gasteiger charge is -2.07. The Morgan fingerprint density at radius 1 is 1.31 bits per heavy atom. The molecule has 0 atom stereocenters. The average Bonchev–Trinajstić information content (AvgIpc) is 2.59. The molecule has 8 heteroatoms. The van der Waals surface area contributed by atoms with Gasteiger partial charge in [-0.1, -0.05) is 12.1 Å². The van der Waals surface area contributed by atoms with Crippen LogP contribution in [0.4, 0.5) is 13.2 Å². The number of hydrogen-bond donors (Lipinski definition) is 1. The molecule has 1 N–H and O–H groups in total. The highest BCUT2D eigenvalue weighted by atomic mass is 19.4. The molecule has 0 spiro atoms. The minimum atomic E-state index is -4.50. The summed E-state index contributed by atoms with van der Waals surface area (Å²) in [5.74, 6) is -0.570. The van der Waals surface area contributed by atoms with Crippen LogP contribution >= 0.6 is 0 Å². The van der Waals surface area contributed by atoms with Gasteiger partial charge in [-0.2, -0.15) is 18.4 Å². The highest BCUT2D eigenvalue weighted by Gasteiger charge is 2.30. The van der Waals surface area contributed by atoms with E-state index in [9.17, 15) is 23.2 Å². The van der Waals surface area contributed by atoms with Crippen molar-refractivity contribution in [2.75, 3.05) is 6.61 Å². The first-order valence-corrected chi connectivity index (χ1v) is 7.39. The maximum Gasteiger partial charge on any atom is 0.417 e. The molecule has 0 aliphatic heterocycles. The second-order valence-corrected chi connectivity index (χ2v) is 5.16. The van der Waals surface area contributed by atoms with Crippen LogP contribution in [0.3, 0.4) is 0 Å². The number of aromatic nitrogens is 1. The molecule has 5 nitrogen and oxygen atoms in total. The minimum Gasteiger partial charge on any atom is -0.493 e. The van der Waals surface area contributed by atoms with Gasteiger partial charge >= 0.3 is 12.1 Å². The molecule has 2 rings (SSSR count). The number of rotatable bonds is 6. The van der Waals surface area contributed by atoms with Crippen molar-refractivity contribution < 1.29 is 27.8 Å². The van der Waals surface area contributed by atoms with Crippen LogP contribution in [0.5, 0.6) is 5.75 Å². The SMILES string of the molecule is N#C/C(=C\c1cccc(OCCC(=O)O)c1)c1ccc(C(F)(F)F)cn1. The van der Waals surface area contributed by atoms with Gasteiger partial charge in [-0.3, -0.25) is 9.78 Å². The summed E-state index contributed by atoms with van der Waals surface area (Å²) in [4.78, 5) is 14.2. The number of allylic oxidation sites excluding steroid dienone is 1. The summed E-state index contributed by atoms with van der Waals surface area (Å²) in [5, 5.41) is 17.9. The summed E-state index contributed by atoms with van der Waals surface area (Å²) >= 11 is 0. The van der Waals surface area contributed by atoms with Crippen molar-refractivity contribution >= 4 is 17.6 Å². The molecule has 0 unspecified atom stereocenters. The van der Waals surface area contributed by atoms with Crippen molar-refractivity contribution in [3.63, 3.8) is 0 Å². The van der Waals surface area contributed by atoms with E-state index in [1.807, 2.05) is 6.07 Å². The molecule has 0 aliphatic rings. The van der Waals surface area contributed by atoms with Crippen molar-refractivity contribution in [3.8, 4) is 11.8 Å². The van der Waals surface area contributed by atoms with Crippen molar-refractivity contribution in [3.05, 3.63) is 59.4 Å².